The summed E-state index contributed by atoms with van der Waals surface area (Å²) in [5.74, 6) is -0.842. The van der Waals surface area contributed by atoms with E-state index in [0.717, 1.165) is 18.4 Å². The molecule has 7 heteroatoms. The summed E-state index contributed by atoms with van der Waals surface area (Å²) >= 11 is 6.07. The molecule has 0 radical (unpaired) electrons. The number of likely N-dealkylation sites (tertiary alicyclic amines) is 1. The second-order valence-corrected chi connectivity index (χ2v) is 9.22. The van der Waals surface area contributed by atoms with E-state index in [-0.39, 0.29) is 30.1 Å². The van der Waals surface area contributed by atoms with Crippen LogP contribution in [0.1, 0.15) is 49.4 Å². The van der Waals surface area contributed by atoms with Gasteiger partial charge in [0.1, 0.15) is 11.5 Å². The number of amides is 1. The summed E-state index contributed by atoms with van der Waals surface area (Å²) in [4.78, 5) is 27.7. The summed E-state index contributed by atoms with van der Waals surface area (Å²) in [7, 11) is 0. The molecule has 2 heterocycles. The number of rotatable bonds is 6. The summed E-state index contributed by atoms with van der Waals surface area (Å²) in [6, 6.07) is 11.5. The summed E-state index contributed by atoms with van der Waals surface area (Å²) < 4.78 is 11.5. The number of aliphatic hydroxyl groups is 1. The van der Waals surface area contributed by atoms with Crippen molar-refractivity contribution < 1.29 is 24.2 Å². The third kappa shape index (κ3) is 4.77. The molecule has 1 amide bonds. The molecule has 4 rings (SSSR count). The molecule has 2 atom stereocenters. The molecule has 2 fully saturated rings. The lowest BCUT2D eigenvalue weighted by molar-refractivity contribution is -0.140. The molecule has 6 nitrogen and oxygen atoms in total. The molecule has 0 bridgehead atoms. The Hall–Kier alpha value is -2.83. The highest BCUT2D eigenvalue weighted by Crippen LogP contribution is 2.40. The first-order valence-corrected chi connectivity index (χ1v) is 11.6. The largest absolute Gasteiger partial charge is 0.507 e. The number of hydrogen-bond acceptors (Lipinski definition) is 5. The zero-order valence-electron chi connectivity index (χ0n) is 19.0. The third-order valence-electron chi connectivity index (χ3n) is 5.96. The number of hydrogen-bond donors (Lipinski definition) is 1. The van der Waals surface area contributed by atoms with Crippen LogP contribution in [0, 0.1) is 6.92 Å². The molecular formula is C26H28ClNO5. The number of nitrogens with zero attached hydrogens (tertiary/aromatic N) is 1. The predicted molar refractivity (Wildman–Crippen MR) is 126 cm³/mol. The minimum Gasteiger partial charge on any atom is -0.507 e. The quantitative estimate of drug-likeness (QED) is 0.364. The highest BCUT2D eigenvalue weighted by atomic mass is 35.5. The number of halogens is 1. The van der Waals surface area contributed by atoms with Gasteiger partial charge in [-0.2, -0.15) is 0 Å². The topological polar surface area (TPSA) is 76.1 Å². The maximum Gasteiger partial charge on any atom is 0.295 e. The fraction of sp³-hybridized carbons (Fsp3) is 0.385. The number of carbonyl (C=O) groups excluding carboxylic acids is 2. The van der Waals surface area contributed by atoms with Crippen molar-refractivity contribution in [3.05, 3.63) is 69.8 Å². The number of Topliss-reactive ketones (excluding diaryl/α,β-unsaturated/α-hetero) is 1. The van der Waals surface area contributed by atoms with E-state index >= 15 is 0 Å². The molecule has 1 N–H and O–H groups in total. The minimum atomic E-state index is -0.724. The van der Waals surface area contributed by atoms with Gasteiger partial charge in [-0.3, -0.25) is 9.59 Å². The number of aliphatic hydroxyl groups excluding tert-OH is 1. The first-order chi connectivity index (χ1) is 15.8. The maximum atomic E-state index is 13.2. The van der Waals surface area contributed by atoms with Gasteiger partial charge in [0.25, 0.3) is 11.7 Å². The second kappa shape index (κ2) is 9.57. The van der Waals surface area contributed by atoms with E-state index in [4.69, 9.17) is 21.1 Å². The average molecular weight is 470 g/mol. The lowest BCUT2D eigenvalue weighted by Crippen LogP contribution is -2.36. The SMILES string of the molecule is Cc1cc(/C(O)=C2/C(=O)C(=O)N(CC3CCCO3)C2c2ccc(Cl)cc2)ccc1OC(C)C. The van der Waals surface area contributed by atoms with Crippen LogP contribution in [0.2, 0.25) is 5.02 Å². The number of aryl methyl sites for hydroxylation is 1. The summed E-state index contributed by atoms with van der Waals surface area (Å²) in [5, 5.41) is 11.8. The van der Waals surface area contributed by atoms with Crippen molar-refractivity contribution in [2.24, 2.45) is 0 Å². The molecule has 2 aliphatic heterocycles. The van der Waals surface area contributed by atoms with Crippen LogP contribution in [0.25, 0.3) is 5.76 Å². The lowest BCUT2D eigenvalue weighted by Gasteiger charge is -2.27. The molecule has 2 saturated heterocycles. The molecule has 33 heavy (non-hydrogen) atoms. The number of carbonyl (C=O) groups is 2. The van der Waals surface area contributed by atoms with Gasteiger partial charge in [0, 0.05) is 23.7 Å². The second-order valence-electron chi connectivity index (χ2n) is 8.78. The van der Waals surface area contributed by atoms with E-state index in [1.165, 1.54) is 4.90 Å². The Labute approximate surface area is 198 Å². The minimum absolute atomic E-state index is 0.0104. The molecule has 0 aromatic heterocycles. The third-order valence-corrected chi connectivity index (χ3v) is 6.21. The Morgan fingerprint density at radius 1 is 1.21 bits per heavy atom. The van der Waals surface area contributed by atoms with Gasteiger partial charge in [-0.15, -0.1) is 0 Å². The Balaban J connectivity index is 1.78. The summed E-state index contributed by atoms with van der Waals surface area (Å²) in [6.45, 7) is 6.68. The Morgan fingerprint density at radius 2 is 1.94 bits per heavy atom. The molecular weight excluding hydrogens is 442 g/mol. The van der Waals surface area contributed by atoms with Gasteiger partial charge < -0.3 is 19.5 Å². The number of ketones is 1. The van der Waals surface area contributed by atoms with Crippen molar-refractivity contribution in [1.82, 2.24) is 4.90 Å². The van der Waals surface area contributed by atoms with E-state index in [0.29, 0.717) is 28.5 Å². The predicted octanol–water partition coefficient (Wildman–Crippen LogP) is 5.04. The molecule has 2 unspecified atom stereocenters. The summed E-state index contributed by atoms with van der Waals surface area (Å²) in [5.41, 5.74) is 2.05. The van der Waals surface area contributed by atoms with Crippen LogP contribution in [0.4, 0.5) is 0 Å². The molecule has 0 aliphatic carbocycles. The fourth-order valence-electron chi connectivity index (χ4n) is 4.41. The highest BCUT2D eigenvalue weighted by molar-refractivity contribution is 6.46. The lowest BCUT2D eigenvalue weighted by atomic mass is 9.94. The van der Waals surface area contributed by atoms with Gasteiger partial charge >= 0.3 is 0 Å². The van der Waals surface area contributed by atoms with Crippen molar-refractivity contribution in [3.63, 3.8) is 0 Å². The van der Waals surface area contributed by atoms with Gasteiger partial charge in [0.05, 0.1) is 23.8 Å². The van der Waals surface area contributed by atoms with Crippen molar-refractivity contribution in [2.45, 2.75) is 51.9 Å². The zero-order valence-corrected chi connectivity index (χ0v) is 19.8. The standard InChI is InChI=1S/C26H28ClNO5/c1-15(2)33-21-11-8-18(13-16(21)3)24(29)22-23(17-6-9-19(27)10-7-17)28(26(31)25(22)30)14-20-5-4-12-32-20/h6-11,13,15,20,23,29H,4-5,12,14H2,1-3H3/b24-22-. The Morgan fingerprint density at radius 3 is 2.55 bits per heavy atom. The normalized spacial score (nSPS) is 22.4. The van der Waals surface area contributed by atoms with E-state index in [1.807, 2.05) is 20.8 Å². The van der Waals surface area contributed by atoms with Gasteiger partial charge in [-0.25, -0.2) is 0 Å². The Bertz CT molecular complexity index is 1090. The number of benzene rings is 2. The molecule has 2 aromatic carbocycles. The average Bonchev–Trinajstić information content (AvgIpc) is 3.37. The van der Waals surface area contributed by atoms with Gasteiger partial charge in [-0.05, 0) is 75.1 Å². The van der Waals surface area contributed by atoms with Crippen molar-refractivity contribution in [1.29, 1.82) is 0 Å². The molecule has 174 valence electrons. The highest BCUT2D eigenvalue weighted by Gasteiger charge is 2.47. The van der Waals surface area contributed by atoms with Gasteiger partial charge in [0.15, 0.2) is 0 Å². The van der Waals surface area contributed by atoms with Gasteiger partial charge in [-0.1, -0.05) is 23.7 Å². The fourth-order valence-corrected chi connectivity index (χ4v) is 4.53. The number of ether oxygens (including phenoxy) is 2. The maximum absolute atomic E-state index is 13.2. The first-order valence-electron chi connectivity index (χ1n) is 11.2. The van der Waals surface area contributed by atoms with Crippen LogP contribution < -0.4 is 4.74 Å². The van der Waals surface area contributed by atoms with Crippen molar-refractivity contribution in [2.75, 3.05) is 13.2 Å². The van der Waals surface area contributed by atoms with Crippen LogP contribution in [0.3, 0.4) is 0 Å². The molecule has 2 aromatic rings. The van der Waals surface area contributed by atoms with Crippen LogP contribution in [0.15, 0.2) is 48.0 Å². The Kier molecular flexibility index (Phi) is 6.77. The van der Waals surface area contributed by atoms with E-state index in [9.17, 15) is 14.7 Å². The smallest absolute Gasteiger partial charge is 0.295 e. The molecule has 0 saturated carbocycles. The van der Waals surface area contributed by atoms with E-state index in [2.05, 4.69) is 0 Å². The van der Waals surface area contributed by atoms with Crippen LogP contribution in [-0.2, 0) is 14.3 Å². The van der Waals surface area contributed by atoms with Crippen molar-refractivity contribution >= 4 is 29.1 Å². The van der Waals surface area contributed by atoms with Gasteiger partial charge in [0.2, 0.25) is 0 Å². The first kappa shape index (κ1) is 23.3. The van der Waals surface area contributed by atoms with Crippen molar-refractivity contribution in [3.8, 4) is 5.75 Å². The van der Waals surface area contributed by atoms with Crippen LogP contribution in [-0.4, -0.2) is 47.1 Å². The van der Waals surface area contributed by atoms with E-state index in [1.54, 1.807) is 42.5 Å². The molecule has 0 spiro atoms. The van der Waals surface area contributed by atoms with Crippen LogP contribution in [0.5, 0.6) is 5.75 Å². The summed E-state index contributed by atoms with van der Waals surface area (Å²) in [6.07, 6.45) is 1.63. The van der Waals surface area contributed by atoms with Crippen LogP contribution >= 0.6 is 11.6 Å². The molecule has 2 aliphatic rings. The zero-order chi connectivity index (χ0) is 23.7. The van der Waals surface area contributed by atoms with E-state index < -0.39 is 17.7 Å². The monoisotopic (exact) mass is 469 g/mol.